The second-order valence-electron chi connectivity index (χ2n) is 3.55. The maximum atomic E-state index is 5.52. The Balaban J connectivity index is 2.83. The Morgan fingerprint density at radius 1 is 1.23 bits per heavy atom. The lowest BCUT2D eigenvalue weighted by Gasteiger charge is -2.06. The Morgan fingerprint density at radius 2 is 2.00 bits per heavy atom. The van der Waals surface area contributed by atoms with Gasteiger partial charge in [-0.15, -0.1) is 0 Å². The predicted octanol–water partition coefficient (Wildman–Crippen LogP) is 2.45. The highest BCUT2D eigenvalue weighted by Crippen LogP contribution is 2.13. The molecule has 0 amide bonds. The van der Waals surface area contributed by atoms with Crippen LogP contribution in [-0.4, -0.2) is 6.54 Å². The predicted molar refractivity (Wildman–Crippen MR) is 57.9 cm³/mol. The van der Waals surface area contributed by atoms with Gasteiger partial charge in [-0.2, -0.15) is 0 Å². The molecule has 1 aromatic carbocycles. The molecule has 0 aromatic heterocycles. The van der Waals surface area contributed by atoms with E-state index in [-0.39, 0.29) is 0 Å². The Labute approximate surface area is 81.0 Å². The summed E-state index contributed by atoms with van der Waals surface area (Å²) in [4.78, 5) is 0. The Kier molecular flexibility index (Phi) is 3.97. The Bertz CT molecular complexity index is 266. The molecular weight excluding hydrogens is 158 g/mol. The zero-order valence-electron chi connectivity index (χ0n) is 8.64. The van der Waals surface area contributed by atoms with E-state index in [0.717, 1.165) is 13.0 Å². The first kappa shape index (κ1) is 10.3. The topological polar surface area (TPSA) is 26.0 Å². The SMILES string of the molecule is CCCc1cc(CCN)ccc1C. The molecular formula is C12H19N. The highest BCUT2D eigenvalue weighted by atomic mass is 14.5. The van der Waals surface area contributed by atoms with Gasteiger partial charge in [0, 0.05) is 0 Å². The molecule has 0 saturated carbocycles. The van der Waals surface area contributed by atoms with Gasteiger partial charge in [0.2, 0.25) is 0 Å². The molecule has 13 heavy (non-hydrogen) atoms. The van der Waals surface area contributed by atoms with Gasteiger partial charge in [-0.05, 0) is 43.0 Å². The normalized spacial score (nSPS) is 10.4. The fourth-order valence-electron chi connectivity index (χ4n) is 1.59. The molecule has 0 aliphatic heterocycles. The molecule has 0 aliphatic carbocycles. The van der Waals surface area contributed by atoms with Crippen LogP contribution in [0.2, 0.25) is 0 Å². The molecule has 0 spiro atoms. The van der Waals surface area contributed by atoms with Crippen molar-refractivity contribution in [1.29, 1.82) is 0 Å². The molecule has 0 heterocycles. The summed E-state index contributed by atoms with van der Waals surface area (Å²) in [5, 5.41) is 0. The van der Waals surface area contributed by atoms with Gasteiger partial charge in [-0.1, -0.05) is 31.5 Å². The van der Waals surface area contributed by atoms with E-state index >= 15 is 0 Å². The van der Waals surface area contributed by atoms with E-state index in [9.17, 15) is 0 Å². The van der Waals surface area contributed by atoms with Crippen molar-refractivity contribution >= 4 is 0 Å². The second kappa shape index (κ2) is 5.03. The third kappa shape index (κ3) is 2.85. The molecule has 0 unspecified atom stereocenters. The first-order chi connectivity index (χ1) is 6.27. The number of hydrogen-bond donors (Lipinski definition) is 1. The molecule has 2 N–H and O–H groups in total. The summed E-state index contributed by atoms with van der Waals surface area (Å²) in [7, 11) is 0. The van der Waals surface area contributed by atoms with Crippen LogP contribution in [0.1, 0.15) is 30.0 Å². The summed E-state index contributed by atoms with van der Waals surface area (Å²) in [6, 6.07) is 6.68. The largest absolute Gasteiger partial charge is 0.330 e. The number of nitrogens with two attached hydrogens (primary N) is 1. The molecule has 0 fully saturated rings. The van der Waals surface area contributed by atoms with E-state index in [4.69, 9.17) is 5.73 Å². The average molecular weight is 177 g/mol. The summed E-state index contributed by atoms with van der Waals surface area (Å²) in [5.41, 5.74) is 9.78. The number of benzene rings is 1. The van der Waals surface area contributed by atoms with Crippen molar-refractivity contribution in [1.82, 2.24) is 0 Å². The Morgan fingerprint density at radius 3 is 2.62 bits per heavy atom. The van der Waals surface area contributed by atoms with E-state index in [1.807, 2.05) is 0 Å². The quantitative estimate of drug-likeness (QED) is 0.751. The number of hydrogen-bond acceptors (Lipinski definition) is 1. The molecule has 72 valence electrons. The van der Waals surface area contributed by atoms with Crippen LogP contribution in [-0.2, 0) is 12.8 Å². The first-order valence-electron chi connectivity index (χ1n) is 5.06. The maximum absolute atomic E-state index is 5.52. The van der Waals surface area contributed by atoms with Crippen LogP contribution in [0.25, 0.3) is 0 Å². The number of aryl methyl sites for hydroxylation is 2. The van der Waals surface area contributed by atoms with E-state index in [1.165, 1.54) is 29.5 Å². The third-order valence-electron chi connectivity index (χ3n) is 2.37. The van der Waals surface area contributed by atoms with E-state index < -0.39 is 0 Å². The Hall–Kier alpha value is -0.820. The van der Waals surface area contributed by atoms with Crippen LogP contribution in [0.15, 0.2) is 18.2 Å². The van der Waals surface area contributed by atoms with E-state index in [2.05, 4.69) is 32.0 Å². The van der Waals surface area contributed by atoms with Crippen LogP contribution in [0, 0.1) is 6.92 Å². The summed E-state index contributed by atoms with van der Waals surface area (Å²) >= 11 is 0. The first-order valence-corrected chi connectivity index (χ1v) is 5.06. The van der Waals surface area contributed by atoms with Crippen molar-refractivity contribution in [3.05, 3.63) is 34.9 Å². The lowest BCUT2D eigenvalue weighted by molar-refractivity contribution is 0.900. The fraction of sp³-hybridized carbons (Fsp3) is 0.500. The minimum Gasteiger partial charge on any atom is -0.330 e. The molecule has 0 atom stereocenters. The molecule has 0 aliphatic rings. The van der Waals surface area contributed by atoms with Crippen LogP contribution >= 0.6 is 0 Å². The van der Waals surface area contributed by atoms with Crippen molar-refractivity contribution in [2.24, 2.45) is 5.73 Å². The van der Waals surface area contributed by atoms with E-state index in [1.54, 1.807) is 0 Å². The summed E-state index contributed by atoms with van der Waals surface area (Å²) < 4.78 is 0. The second-order valence-corrected chi connectivity index (χ2v) is 3.55. The number of rotatable bonds is 4. The highest BCUT2D eigenvalue weighted by molar-refractivity contribution is 5.31. The molecule has 1 aromatic rings. The van der Waals surface area contributed by atoms with Gasteiger partial charge >= 0.3 is 0 Å². The van der Waals surface area contributed by atoms with Crippen LogP contribution in [0.4, 0.5) is 0 Å². The molecule has 1 nitrogen and oxygen atoms in total. The fourth-order valence-corrected chi connectivity index (χ4v) is 1.59. The molecule has 0 saturated heterocycles. The summed E-state index contributed by atoms with van der Waals surface area (Å²) in [6.07, 6.45) is 3.40. The van der Waals surface area contributed by atoms with Gasteiger partial charge in [-0.3, -0.25) is 0 Å². The van der Waals surface area contributed by atoms with Gasteiger partial charge in [0.15, 0.2) is 0 Å². The van der Waals surface area contributed by atoms with E-state index in [0.29, 0.717) is 0 Å². The standard InChI is InChI=1S/C12H19N/c1-3-4-12-9-11(7-8-13)6-5-10(12)2/h5-6,9H,3-4,7-8,13H2,1-2H3. The van der Waals surface area contributed by atoms with Crippen molar-refractivity contribution in [3.63, 3.8) is 0 Å². The van der Waals surface area contributed by atoms with Gasteiger partial charge < -0.3 is 5.73 Å². The monoisotopic (exact) mass is 177 g/mol. The minimum absolute atomic E-state index is 0.745. The van der Waals surface area contributed by atoms with Gasteiger partial charge in [-0.25, -0.2) is 0 Å². The van der Waals surface area contributed by atoms with Crippen molar-refractivity contribution in [2.45, 2.75) is 33.1 Å². The lowest BCUT2D eigenvalue weighted by atomic mass is 10.00. The van der Waals surface area contributed by atoms with Gasteiger partial charge in [0.1, 0.15) is 0 Å². The zero-order valence-corrected chi connectivity index (χ0v) is 8.64. The van der Waals surface area contributed by atoms with Crippen molar-refractivity contribution in [2.75, 3.05) is 6.54 Å². The van der Waals surface area contributed by atoms with Crippen molar-refractivity contribution < 1.29 is 0 Å². The van der Waals surface area contributed by atoms with Crippen LogP contribution in [0.3, 0.4) is 0 Å². The minimum atomic E-state index is 0.745. The van der Waals surface area contributed by atoms with Crippen LogP contribution < -0.4 is 5.73 Å². The molecule has 1 rings (SSSR count). The third-order valence-corrected chi connectivity index (χ3v) is 2.37. The highest BCUT2D eigenvalue weighted by Gasteiger charge is 1.98. The molecule has 0 radical (unpaired) electrons. The maximum Gasteiger partial charge on any atom is -0.00367 e. The van der Waals surface area contributed by atoms with Crippen LogP contribution in [0.5, 0.6) is 0 Å². The average Bonchev–Trinajstić information content (AvgIpc) is 2.12. The van der Waals surface area contributed by atoms with Crippen molar-refractivity contribution in [3.8, 4) is 0 Å². The van der Waals surface area contributed by atoms with Gasteiger partial charge in [0.25, 0.3) is 0 Å². The van der Waals surface area contributed by atoms with Gasteiger partial charge in [0.05, 0.1) is 0 Å². The summed E-state index contributed by atoms with van der Waals surface area (Å²) in [5.74, 6) is 0. The summed E-state index contributed by atoms with van der Waals surface area (Å²) in [6.45, 7) is 5.14. The molecule has 0 bridgehead atoms. The smallest absolute Gasteiger partial charge is 0.00367 e. The lowest BCUT2D eigenvalue weighted by Crippen LogP contribution is -2.03. The zero-order chi connectivity index (χ0) is 9.68. The molecule has 1 heteroatoms.